The number of unbranched alkanes of at least 4 members (excludes halogenated alkanes) is 6. The van der Waals surface area contributed by atoms with Crippen molar-refractivity contribution < 1.29 is 19.1 Å². The molecule has 4 nitrogen and oxygen atoms in total. The van der Waals surface area contributed by atoms with Crippen LogP contribution in [0.15, 0.2) is 12.2 Å². The molecule has 0 aromatic carbocycles. The van der Waals surface area contributed by atoms with Crippen molar-refractivity contribution in [3.8, 4) is 0 Å². The van der Waals surface area contributed by atoms with Crippen molar-refractivity contribution in [1.82, 2.24) is 0 Å². The number of esters is 2. The van der Waals surface area contributed by atoms with E-state index in [1.807, 2.05) is 12.2 Å². The summed E-state index contributed by atoms with van der Waals surface area (Å²) >= 11 is 0. The summed E-state index contributed by atoms with van der Waals surface area (Å²) in [5.74, 6) is -0.860. The van der Waals surface area contributed by atoms with Gasteiger partial charge in [0.2, 0.25) is 0 Å². The molecule has 0 amide bonds. The first-order valence-corrected chi connectivity index (χ1v) is 10.2. The number of hydrogen-bond donors (Lipinski definition) is 0. The van der Waals surface area contributed by atoms with Crippen molar-refractivity contribution in [3.63, 3.8) is 0 Å². The van der Waals surface area contributed by atoms with E-state index in [2.05, 4.69) is 13.8 Å². The SMILES string of the molecule is CCCCCCOC(=O)C1C=CCCC(C(=O)OCCCCCC)C1. The molecule has 0 spiro atoms. The summed E-state index contributed by atoms with van der Waals surface area (Å²) in [6, 6.07) is 0. The van der Waals surface area contributed by atoms with Crippen LogP contribution in [0.5, 0.6) is 0 Å². The van der Waals surface area contributed by atoms with Crippen LogP contribution in [-0.2, 0) is 19.1 Å². The Kier molecular flexibility index (Phi) is 12.1. The molecule has 2 atom stereocenters. The Bertz CT molecular complexity index is 403. The van der Waals surface area contributed by atoms with Crippen LogP contribution in [0.4, 0.5) is 0 Å². The second-order valence-electron chi connectivity index (χ2n) is 7.00. The Balaban J connectivity index is 2.33. The minimum Gasteiger partial charge on any atom is -0.465 e. The van der Waals surface area contributed by atoms with Gasteiger partial charge in [0.05, 0.1) is 25.0 Å². The first-order chi connectivity index (χ1) is 12.2. The van der Waals surface area contributed by atoms with Crippen LogP contribution < -0.4 is 0 Å². The third-order valence-electron chi connectivity index (χ3n) is 4.71. The number of allylic oxidation sites excluding steroid dienone is 1. The Morgan fingerprint density at radius 3 is 2.08 bits per heavy atom. The highest BCUT2D eigenvalue weighted by Gasteiger charge is 2.29. The van der Waals surface area contributed by atoms with Crippen molar-refractivity contribution in [1.29, 1.82) is 0 Å². The first kappa shape index (κ1) is 21.7. The summed E-state index contributed by atoms with van der Waals surface area (Å²) in [6.45, 7) is 5.30. The highest BCUT2D eigenvalue weighted by atomic mass is 16.5. The van der Waals surface area contributed by atoms with E-state index in [0.717, 1.165) is 38.5 Å². The lowest BCUT2D eigenvalue weighted by atomic mass is 9.94. The highest BCUT2D eigenvalue weighted by molar-refractivity contribution is 5.77. The maximum absolute atomic E-state index is 12.3. The third-order valence-corrected chi connectivity index (χ3v) is 4.71. The van der Waals surface area contributed by atoms with Crippen LogP contribution in [0.1, 0.15) is 84.5 Å². The minimum atomic E-state index is -0.314. The molecule has 144 valence electrons. The van der Waals surface area contributed by atoms with Gasteiger partial charge in [0, 0.05) is 0 Å². The Hall–Kier alpha value is -1.32. The van der Waals surface area contributed by atoms with E-state index in [-0.39, 0.29) is 23.8 Å². The standard InChI is InChI=1S/C21H36O4/c1-3-5-7-11-15-24-20(22)18-13-9-10-14-19(17-18)21(23)25-16-12-8-6-4-2/h9,13,18-19H,3-8,10-12,14-17H2,1-2H3. The smallest absolute Gasteiger partial charge is 0.312 e. The van der Waals surface area contributed by atoms with Gasteiger partial charge in [-0.15, -0.1) is 0 Å². The van der Waals surface area contributed by atoms with Gasteiger partial charge < -0.3 is 9.47 Å². The predicted molar refractivity (Wildman–Crippen MR) is 100 cm³/mol. The fourth-order valence-corrected chi connectivity index (χ4v) is 3.08. The summed E-state index contributed by atoms with van der Waals surface area (Å²) in [4.78, 5) is 24.5. The molecule has 0 radical (unpaired) electrons. The zero-order valence-electron chi connectivity index (χ0n) is 16.1. The molecular formula is C21H36O4. The number of carbonyl (C=O) groups is 2. The van der Waals surface area contributed by atoms with Crippen molar-refractivity contribution >= 4 is 11.9 Å². The zero-order valence-corrected chi connectivity index (χ0v) is 16.1. The second-order valence-corrected chi connectivity index (χ2v) is 7.00. The average Bonchev–Trinajstić information content (AvgIpc) is 2.87. The molecule has 0 aromatic heterocycles. The van der Waals surface area contributed by atoms with Crippen molar-refractivity contribution in [2.24, 2.45) is 11.8 Å². The molecule has 0 saturated heterocycles. The number of rotatable bonds is 12. The van der Waals surface area contributed by atoms with Gasteiger partial charge in [0.1, 0.15) is 0 Å². The van der Waals surface area contributed by atoms with Gasteiger partial charge in [-0.25, -0.2) is 0 Å². The van der Waals surface area contributed by atoms with E-state index in [0.29, 0.717) is 19.6 Å². The lowest BCUT2D eigenvalue weighted by Gasteiger charge is -2.17. The average molecular weight is 353 g/mol. The molecule has 4 heteroatoms. The number of hydrogen-bond acceptors (Lipinski definition) is 4. The summed E-state index contributed by atoms with van der Waals surface area (Å²) in [6.07, 6.45) is 14.7. The molecule has 1 rings (SSSR count). The summed E-state index contributed by atoms with van der Waals surface area (Å²) in [5.41, 5.74) is 0. The van der Waals surface area contributed by atoms with Crippen LogP contribution in [0.25, 0.3) is 0 Å². The fourth-order valence-electron chi connectivity index (χ4n) is 3.08. The van der Waals surface area contributed by atoms with Gasteiger partial charge >= 0.3 is 11.9 Å². The molecule has 0 fully saturated rings. The monoisotopic (exact) mass is 352 g/mol. The van der Waals surface area contributed by atoms with Gasteiger partial charge in [-0.3, -0.25) is 9.59 Å². The molecule has 25 heavy (non-hydrogen) atoms. The van der Waals surface area contributed by atoms with Crippen molar-refractivity contribution in [2.75, 3.05) is 13.2 Å². The lowest BCUT2D eigenvalue weighted by Crippen LogP contribution is -2.24. The topological polar surface area (TPSA) is 52.6 Å². The Morgan fingerprint density at radius 2 is 1.48 bits per heavy atom. The maximum atomic E-state index is 12.3. The van der Waals surface area contributed by atoms with Crippen molar-refractivity contribution in [2.45, 2.75) is 84.5 Å². The summed E-state index contributed by atoms with van der Waals surface area (Å²) < 4.78 is 10.8. The van der Waals surface area contributed by atoms with E-state index in [9.17, 15) is 9.59 Å². The third kappa shape index (κ3) is 9.66. The van der Waals surface area contributed by atoms with E-state index in [1.54, 1.807) is 0 Å². The van der Waals surface area contributed by atoms with Crippen LogP contribution in [0, 0.1) is 11.8 Å². The molecule has 1 aliphatic rings. The van der Waals surface area contributed by atoms with E-state index >= 15 is 0 Å². The fraction of sp³-hybridized carbons (Fsp3) is 0.810. The molecule has 0 N–H and O–H groups in total. The van der Waals surface area contributed by atoms with Gasteiger partial charge in [0.15, 0.2) is 0 Å². The highest BCUT2D eigenvalue weighted by Crippen LogP contribution is 2.25. The number of ether oxygens (including phenoxy) is 2. The van der Waals surface area contributed by atoms with Gasteiger partial charge in [-0.2, -0.15) is 0 Å². The van der Waals surface area contributed by atoms with Gasteiger partial charge in [-0.05, 0) is 32.1 Å². The molecule has 0 bridgehead atoms. The minimum absolute atomic E-state index is 0.152. The quantitative estimate of drug-likeness (QED) is 0.275. The molecular weight excluding hydrogens is 316 g/mol. The molecule has 0 heterocycles. The van der Waals surface area contributed by atoms with Crippen LogP contribution in [0.2, 0.25) is 0 Å². The normalized spacial score (nSPS) is 20.1. The molecule has 0 aliphatic heterocycles. The molecule has 1 aliphatic carbocycles. The van der Waals surface area contributed by atoms with Gasteiger partial charge in [-0.1, -0.05) is 64.5 Å². The Labute approximate surface area is 153 Å². The second kappa shape index (κ2) is 13.9. The van der Waals surface area contributed by atoms with E-state index < -0.39 is 0 Å². The van der Waals surface area contributed by atoms with Crippen LogP contribution in [-0.4, -0.2) is 25.2 Å². The summed E-state index contributed by atoms with van der Waals surface area (Å²) in [7, 11) is 0. The number of carbonyl (C=O) groups excluding carboxylic acids is 2. The lowest BCUT2D eigenvalue weighted by molar-refractivity contribution is -0.151. The Morgan fingerprint density at radius 1 is 0.880 bits per heavy atom. The van der Waals surface area contributed by atoms with E-state index in [1.165, 1.54) is 25.7 Å². The molecule has 2 unspecified atom stereocenters. The largest absolute Gasteiger partial charge is 0.465 e. The van der Waals surface area contributed by atoms with E-state index in [4.69, 9.17) is 9.47 Å². The summed E-state index contributed by atoms with van der Waals surface area (Å²) in [5, 5.41) is 0. The molecule has 0 aromatic rings. The van der Waals surface area contributed by atoms with Gasteiger partial charge in [0.25, 0.3) is 0 Å². The van der Waals surface area contributed by atoms with Crippen LogP contribution >= 0.6 is 0 Å². The zero-order chi connectivity index (χ0) is 18.3. The predicted octanol–water partition coefficient (Wildman–Crippen LogP) is 5.21. The molecule has 0 saturated carbocycles. The van der Waals surface area contributed by atoms with Crippen molar-refractivity contribution in [3.05, 3.63) is 12.2 Å². The van der Waals surface area contributed by atoms with Crippen LogP contribution in [0.3, 0.4) is 0 Å². The maximum Gasteiger partial charge on any atom is 0.312 e. The first-order valence-electron chi connectivity index (χ1n) is 10.2.